The summed E-state index contributed by atoms with van der Waals surface area (Å²) in [4.78, 5) is 12.8. The molecule has 6 nitrogen and oxygen atoms in total. The Bertz CT molecular complexity index is 1700. The third-order valence-corrected chi connectivity index (χ3v) is 7.24. The van der Waals surface area contributed by atoms with Crippen molar-refractivity contribution in [1.29, 1.82) is 0 Å². The highest BCUT2D eigenvalue weighted by atomic mass is 127. The van der Waals surface area contributed by atoms with Gasteiger partial charge in [-0.2, -0.15) is 5.10 Å². The highest BCUT2D eigenvalue weighted by Gasteiger charge is 2.13. The number of halogens is 2. The van der Waals surface area contributed by atoms with E-state index in [1.807, 2.05) is 36.4 Å². The average molecular weight is 659 g/mol. The lowest BCUT2D eigenvalue weighted by Gasteiger charge is -2.13. The highest BCUT2D eigenvalue weighted by Crippen LogP contribution is 2.34. The molecule has 0 aliphatic carbocycles. The molecule has 0 bridgehead atoms. The topological polar surface area (TPSA) is 64.8 Å². The quantitative estimate of drug-likeness (QED) is 0.101. The zero-order valence-corrected chi connectivity index (χ0v) is 24.6. The van der Waals surface area contributed by atoms with Crippen LogP contribution in [0.1, 0.15) is 27.2 Å². The van der Waals surface area contributed by atoms with Crippen molar-refractivity contribution in [3.05, 3.63) is 135 Å². The molecule has 0 atom stereocenters. The van der Waals surface area contributed by atoms with Crippen molar-refractivity contribution >= 4 is 34.7 Å². The van der Waals surface area contributed by atoms with Gasteiger partial charge in [-0.15, -0.1) is 0 Å². The van der Waals surface area contributed by atoms with Crippen LogP contribution in [-0.4, -0.2) is 23.8 Å². The molecule has 0 saturated carbocycles. The third kappa shape index (κ3) is 6.66. The van der Waals surface area contributed by atoms with Crippen LogP contribution in [0.5, 0.6) is 11.5 Å². The molecule has 0 fully saturated rings. The zero-order chi connectivity index (χ0) is 28.8. The molecule has 1 amide bonds. The summed E-state index contributed by atoms with van der Waals surface area (Å²) in [5.74, 6) is 0.418. The molecular weight excluding hydrogens is 632 g/mol. The summed E-state index contributed by atoms with van der Waals surface area (Å²) in [7, 11) is 1.55. The smallest absolute Gasteiger partial charge is 0.271 e. The summed E-state index contributed by atoms with van der Waals surface area (Å²) in [5, 5.41) is 4.14. The number of methoxy groups -OCH3 is 1. The number of aryl methyl sites for hydroxylation is 1. The van der Waals surface area contributed by atoms with Crippen LogP contribution in [0.4, 0.5) is 4.39 Å². The van der Waals surface area contributed by atoms with Gasteiger partial charge in [0.1, 0.15) is 12.4 Å². The van der Waals surface area contributed by atoms with E-state index in [0.29, 0.717) is 22.6 Å². The van der Waals surface area contributed by atoms with Crippen LogP contribution in [0.15, 0.2) is 108 Å². The Hall–Kier alpha value is -4.44. The number of nitrogens with zero attached hydrogens (tertiary/aromatic N) is 2. The third-order valence-electron chi connectivity index (χ3n) is 6.44. The summed E-state index contributed by atoms with van der Waals surface area (Å²) in [6, 6.07) is 31.7. The Labute approximate surface area is 251 Å². The van der Waals surface area contributed by atoms with Crippen LogP contribution in [0.2, 0.25) is 0 Å². The van der Waals surface area contributed by atoms with Crippen molar-refractivity contribution in [1.82, 2.24) is 9.99 Å². The van der Waals surface area contributed by atoms with E-state index in [0.717, 1.165) is 31.8 Å². The Morgan fingerprint density at radius 3 is 2.49 bits per heavy atom. The average Bonchev–Trinajstić information content (AvgIpc) is 3.38. The SMILES string of the molecule is COc1cc(/C=N/NC(=O)c2ccc(-n3c(C)ccc3-c3ccccc3)cc2)cc(I)c1OCc1cccc(F)c1. The second-order valence-electron chi connectivity index (χ2n) is 9.26. The number of hydrogen-bond donors (Lipinski definition) is 1. The van der Waals surface area contributed by atoms with E-state index in [1.54, 1.807) is 43.7 Å². The lowest BCUT2D eigenvalue weighted by Crippen LogP contribution is -2.17. The van der Waals surface area contributed by atoms with Crippen molar-refractivity contribution in [3.8, 4) is 28.4 Å². The summed E-state index contributed by atoms with van der Waals surface area (Å²) in [6.07, 6.45) is 1.54. The van der Waals surface area contributed by atoms with Crippen LogP contribution in [-0.2, 0) is 6.61 Å². The number of amides is 1. The van der Waals surface area contributed by atoms with Gasteiger partial charge in [-0.3, -0.25) is 4.79 Å². The first-order valence-electron chi connectivity index (χ1n) is 12.9. The number of nitrogens with one attached hydrogen (secondary N) is 1. The number of aromatic nitrogens is 1. The number of benzene rings is 4. The normalized spacial score (nSPS) is 11.0. The molecular formula is C33H27FIN3O3. The zero-order valence-electron chi connectivity index (χ0n) is 22.5. The van der Waals surface area contributed by atoms with Gasteiger partial charge in [-0.1, -0.05) is 42.5 Å². The lowest BCUT2D eigenvalue weighted by atomic mass is 10.1. The van der Waals surface area contributed by atoms with E-state index in [4.69, 9.17) is 9.47 Å². The summed E-state index contributed by atoms with van der Waals surface area (Å²) >= 11 is 2.14. The van der Waals surface area contributed by atoms with E-state index in [1.165, 1.54) is 12.1 Å². The Morgan fingerprint density at radius 2 is 1.76 bits per heavy atom. The number of carbonyl (C=O) groups is 1. The lowest BCUT2D eigenvalue weighted by molar-refractivity contribution is 0.0955. The molecule has 0 radical (unpaired) electrons. The van der Waals surface area contributed by atoms with E-state index in [-0.39, 0.29) is 18.3 Å². The first-order valence-corrected chi connectivity index (χ1v) is 13.9. The van der Waals surface area contributed by atoms with Gasteiger partial charge in [0, 0.05) is 16.9 Å². The molecule has 0 aliphatic heterocycles. The molecule has 206 valence electrons. The highest BCUT2D eigenvalue weighted by molar-refractivity contribution is 14.1. The summed E-state index contributed by atoms with van der Waals surface area (Å²) in [5.41, 5.74) is 8.78. The van der Waals surface area contributed by atoms with Crippen molar-refractivity contribution < 1.29 is 18.7 Å². The minimum Gasteiger partial charge on any atom is -0.493 e. The van der Waals surface area contributed by atoms with Crippen LogP contribution < -0.4 is 14.9 Å². The number of carbonyl (C=O) groups excluding carboxylic acids is 1. The molecule has 0 unspecified atom stereocenters. The summed E-state index contributed by atoms with van der Waals surface area (Å²) in [6.45, 7) is 2.25. The monoisotopic (exact) mass is 659 g/mol. The minimum absolute atomic E-state index is 0.198. The maximum Gasteiger partial charge on any atom is 0.271 e. The maximum absolute atomic E-state index is 13.5. The van der Waals surface area contributed by atoms with Crippen LogP contribution in [0.3, 0.4) is 0 Å². The molecule has 0 aliphatic rings. The van der Waals surface area contributed by atoms with E-state index in [9.17, 15) is 9.18 Å². The largest absolute Gasteiger partial charge is 0.493 e. The number of rotatable bonds is 9. The van der Waals surface area contributed by atoms with E-state index >= 15 is 0 Å². The fourth-order valence-electron chi connectivity index (χ4n) is 4.44. The molecule has 0 spiro atoms. The first kappa shape index (κ1) is 28.1. The van der Waals surface area contributed by atoms with Crippen molar-refractivity contribution in [2.24, 2.45) is 5.10 Å². The van der Waals surface area contributed by atoms with Gasteiger partial charge < -0.3 is 14.0 Å². The number of hydrazone groups is 1. The van der Waals surface area contributed by atoms with Crippen molar-refractivity contribution in [3.63, 3.8) is 0 Å². The molecule has 4 aromatic carbocycles. The van der Waals surface area contributed by atoms with Crippen LogP contribution in [0, 0.1) is 16.3 Å². The fourth-order valence-corrected chi connectivity index (χ4v) is 5.23. The molecule has 1 aromatic heterocycles. The molecule has 0 saturated heterocycles. The van der Waals surface area contributed by atoms with E-state index in [2.05, 4.69) is 68.9 Å². The Kier molecular flexibility index (Phi) is 8.79. The first-order chi connectivity index (χ1) is 19.9. The van der Waals surface area contributed by atoms with Crippen LogP contribution >= 0.6 is 22.6 Å². The van der Waals surface area contributed by atoms with Gasteiger partial charge in [0.2, 0.25) is 0 Å². The summed E-state index contributed by atoms with van der Waals surface area (Å²) < 4.78 is 27.9. The van der Waals surface area contributed by atoms with Gasteiger partial charge in [0.15, 0.2) is 11.5 Å². The Balaban J connectivity index is 1.25. The molecule has 1 heterocycles. The van der Waals surface area contributed by atoms with Crippen LogP contribution in [0.25, 0.3) is 16.9 Å². The standard InChI is InChI=1S/C33H27FIN3O3/c1-22-11-16-30(25-8-4-3-5-9-25)38(22)28-14-12-26(13-15-28)33(39)37-36-20-24-18-29(35)32(31(19-24)40-2)41-21-23-7-6-10-27(34)17-23/h3-20H,21H2,1-2H3,(H,37,39)/b36-20+. The molecule has 5 rings (SSSR count). The second kappa shape index (κ2) is 12.8. The molecule has 41 heavy (non-hydrogen) atoms. The fraction of sp³-hybridized carbons (Fsp3) is 0.0909. The van der Waals surface area contributed by atoms with Gasteiger partial charge in [0.05, 0.1) is 22.6 Å². The van der Waals surface area contributed by atoms with Crippen molar-refractivity contribution in [2.75, 3.05) is 7.11 Å². The Morgan fingerprint density at radius 1 is 0.976 bits per heavy atom. The molecule has 5 aromatic rings. The van der Waals surface area contributed by atoms with Gasteiger partial charge in [-0.05, 0) is 107 Å². The van der Waals surface area contributed by atoms with E-state index < -0.39 is 0 Å². The minimum atomic E-state index is -0.322. The predicted octanol–water partition coefficient (Wildman–Crippen LogP) is 7.55. The molecule has 8 heteroatoms. The van der Waals surface area contributed by atoms with Gasteiger partial charge in [-0.25, -0.2) is 9.82 Å². The second-order valence-corrected chi connectivity index (χ2v) is 10.4. The number of hydrogen-bond acceptors (Lipinski definition) is 4. The molecule has 1 N–H and O–H groups in total. The van der Waals surface area contributed by atoms with Crippen molar-refractivity contribution in [2.45, 2.75) is 13.5 Å². The number of ether oxygens (including phenoxy) is 2. The maximum atomic E-state index is 13.5. The van der Waals surface area contributed by atoms with Gasteiger partial charge >= 0.3 is 0 Å². The predicted molar refractivity (Wildman–Crippen MR) is 167 cm³/mol. The van der Waals surface area contributed by atoms with Gasteiger partial charge in [0.25, 0.3) is 5.91 Å².